The number of hydrogen-bond donors (Lipinski definition) is 0. The van der Waals surface area contributed by atoms with Crippen molar-refractivity contribution in [2.24, 2.45) is 0 Å². The highest BCUT2D eigenvalue weighted by atomic mass is 35.5. The van der Waals surface area contributed by atoms with Crippen LogP contribution >= 0.6 is 11.6 Å². The van der Waals surface area contributed by atoms with E-state index in [0.717, 1.165) is 5.02 Å². The van der Waals surface area contributed by atoms with E-state index in [1.54, 1.807) is 0 Å². The van der Waals surface area contributed by atoms with Crippen LogP contribution in [0.5, 0.6) is 0 Å². The average molecular weight is 321 g/mol. The summed E-state index contributed by atoms with van der Waals surface area (Å²) in [5, 5.41) is 0.861. The molecule has 0 heterocycles. The third-order valence-electron chi connectivity index (χ3n) is 3.39. The zero-order valence-corrected chi connectivity index (χ0v) is 15.1. The van der Waals surface area contributed by atoms with Gasteiger partial charge >= 0.3 is 0 Å². The van der Waals surface area contributed by atoms with Crippen molar-refractivity contribution < 1.29 is 4.39 Å². The Hall–Kier alpha value is -1.34. The topological polar surface area (TPSA) is 0 Å². The molecule has 2 heteroatoms. The second-order valence-corrected chi connectivity index (χ2v) is 7.89. The quantitative estimate of drug-likeness (QED) is 0.503. The van der Waals surface area contributed by atoms with Gasteiger partial charge in [0, 0.05) is 5.02 Å². The molecule has 0 saturated heterocycles. The number of halogens is 2. The predicted octanol–water partition coefficient (Wildman–Crippen LogP) is 6.76. The standard InChI is InChI=1S/C10H13Cl.C10H13F/c1-10(2,3)8-6-4-5-7-9(8)11;1-10(2,3)8-4-6-9(11)7-5-8/h2*4-7H,1-3H3. The maximum absolute atomic E-state index is 12.5. The molecule has 0 aliphatic heterocycles. The van der Waals surface area contributed by atoms with Crippen molar-refractivity contribution in [3.8, 4) is 0 Å². The normalized spacial score (nSPS) is 11.6. The maximum Gasteiger partial charge on any atom is 0.123 e. The van der Waals surface area contributed by atoms with Crippen LogP contribution in [0.15, 0.2) is 48.5 Å². The third-order valence-corrected chi connectivity index (χ3v) is 3.72. The molecule has 0 saturated carbocycles. The number of hydrogen-bond acceptors (Lipinski definition) is 0. The molecule has 22 heavy (non-hydrogen) atoms. The Bertz CT molecular complexity index is 586. The molecule has 2 aromatic rings. The molecular weight excluding hydrogens is 295 g/mol. The molecule has 0 aliphatic carbocycles. The van der Waals surface area contributed by atoms with E-state index in [-0.39, 0.29) is 16.6 Å². The smallest absolute Gasteiger partial charge is 0.123 e. The highest BCUT2D eigenvalue weighted by molar-refractivity contribution is 6.31. The van der Waals surface area contributed by atoms with Crippen molar-refractivity contribution in [1.82, 2.24) is 0 Å². The van der Waals surface area contributed by atoms with E-state index in [1.807, 2.05) is 30.3 Å². The molecule has 0 amide bonds. The molecule has 0 unspecified atom stereocenters. The maximum atomic E-state index is 12.5. The van der Waals surface area contributed by atoms with Crippen LogP contribution in [0.3, 0.4) is 0 Å². The number of rotatable bonds is 0. The Morgan fingerprint density at radius 2 is 1.23 bits per heavy atom. The molecule has 2 rings (SSSR count). The van der Waals surface area contributed by atoms with Gasteiger partial charge in [-0.05, 0) is 40.2 Å². The predicted molar refractivity (Wildman–Crippen MR) is 95.3 cm³/mol. The van der Waals surface area contributed by atoms with E-state index >= 15 is 0 Å². The van der Waals surface area contributed by atoms with Crippen LogP contribution in [0, 0.1) is 5.82 Å². The van der Waals surface area contributed by atoms with Crippen LogP contribution < -0.4 is 0 Å². The Labute approximate surface area is 139 Å². The minimum Gasteiger partial charge on any atom is -0.207 e. The second-order valence-electron chi connectivity index (χ2n) is 7.49. The Morgan fingerprint density at radius 1 is 0.727 bits per heavy atom. The second kappa shape index (κ2) is 7.28. The van der Waals surface area contributed by atoms with Gasteiger partial charge in [0.05, 0.1) is 0 Å². The van der Waals surface area contributed by atoms with E-state index in [0.29, 0.717) is 0 Å². The summed E-state index contributed by atoms with van der Waals surface area (Å²) in [6, 6.07) is 14.6. The van der Waals surface area contributed by atoms with Gasteiger partial charge in [0.15, 0.2) is 0 Å². The molecule has 0 fully saturated rings. The minimum absolute atomic E-state index is 0.119. The SMILES string of the molecule is CC(C)(C)c1ccc(F)cc1.CC(C)(C)c1ccccc1Cl. The summed E-state index contributed by atoms with van der Waals surface area (Å²) in [6.45, 7) is 12.8. The summed E-state index contributed by atoms with van der Waals surface area (Å²) in [5.41, 5.74) is 2.65. The first kappa shape index (κ1) is 18.7. The van der Waals surface area contributed by atoms with E-state index in [9.17, 15) is 4.39 Å². The van der Waals surface area contributed by atoms with Gasteiger partial charge in [0.2, 0.25) is 0 Å². The molecule has 0 aromatic heterocycles. The number of benzene rings is 2. The first-order chi connectivity index (χ1) is 10.0. The third kappa shape index (κ3) is 5.81. The molecular formula is C20H26ClF. The zero-order chi connectivity index (χ0) is 17.0. The molecule has 0 bridgehead atoms. The lowest BCUT2D eigenvalue weighted by Crippen LogP contribution is -2.11. The molecule has 0 radical (unpaired) electrons. The fourth-order valence-corrected chi connectivity index (χ4v) is 2.44. The van der Waals surface area contributed by atoms with E-state index in [2.05, 4.69) is 47.6 Å². The molecule has 0 N–H and O–H groups in total. The largest absolute Gasteiger partial charge is 0.207 e. The van der Waals surface area contributed by atoms with Gasteiger partial charge in [0.1, 0.15) is 5.82 Å². The van der Waals surface area contributed by atoms with Gasteiger partial charge in [-0.15, -0.1) is 0 Å². The summed E-state index contributed by atoms with van der Waals surface area (Å²) in [6.07, 6.45) is 0. The molecule has 120 valence electrons. The van der Waals surface area contributed by atoms with Crippen LogP contribution in [0.4, 0.5) is 4.39 Å². The van der Waals surface area contributed by atoms with Crippen LogP contribution in [0.1, 0.15) is 52.7 Å². The summed E-state index contributed by atoms with van der Waals surface area (Å²) in [5.74, 6) is -0.169. The summed E-state index contributed by atoms with van der Waals surface area (Å²) in [4.78, 5) is 0. The van der Waals surface area contributed by atoms with Crippen molar-refractivity contribution in [1.29, 1.82) is 0 Å². The fourth-order valence-electron chi connectivity index (χ4n) is 2.02. The van der Waals surface area contributed by atoms with Gasteiger partial charge in [-0.25, -0.2) is 4.39 Å². The van der Waals surface area contributed by atoms with Crippen molar-refractivity contribution in [2.75, 3.05) is 0 Å². The van der Waals surface area contributed by atoms with E-state index in [4.69, 9.17) is 11.6 Å². The Balaban J connectivity index is 0.000000220. The molecule has 0 spiro atoms. The van der Waals surface area contributed by atoms with Crippen LogP contribution in [0.25, 0.3) is 0 Å². The fraction of sp³-hybridized carbons (Fsp3) is 0.400. The lowest BCUT2D eigenvalue weighted by atomic mass is 9.87. The van der Waals surface area contributed by atoms with E-state index in [1.165, 1.54) is 23.3 Å². The average Bonchev–Trinajstić information content (AvgIpc) is 2.38. The van der Waals surface area contributed by atoms with Crippen molar-refractivity contribution in [3.05, 3.63) is 70.5 Å². The summed E-state index contributed by atoms with van der Waals surface area (Å²) in [7, 11) is 0. The van der Waals surface area contributed by atoms with Crippen LogP contribution in [0.2, 0.25) is 5.02 Å². The minimum atomic E-state index is -0.169. The molecule has 2 aromatic carbocycles. The van der Waals surface area contributed by atoms with Gasteiger partial charge in [-0.2, -0.15) is 0 Å². The van der Waals surface area contributed by atoms with Gasteiger partial charge in [-0.3, -0.25) is 0 Å². The molecule has 0 nitrogen and oxygen atoms in total. The van der Waals surface area contributed by atoms with Crippen molar-refractivity contribution in [3.63, 3.8) is 0 Å². The zero-order valence-electron chi connectivity index (χ0n) is 14.4. The highest BCUT2D eigenvalue weighted by Gasteiger charge is 2.15. The lowest BCUT2D eigenvalue weighted by Gasteiger charge is -2.19. The summed E-state index contributed by atoms with van der Waals surface area (Å²) >= 11 is 6.01. The monoisotopic (exact) mass is 320 g/mol. The molecule has 0 aliphatic rings. The lowest BCUT2D eigenvalue weighted by molar-refractivity contribution is 0.583. The first-order valence-corrected chi connectivity index (χ1v) is 7.90. The van der Waals surface area contributed by atoms with Gasteiger partial charge in [-0.1, -0.05) is 83.5 Å². The Morgan fingerprint density at radius 3 is 1.59 bits per heavy atom. The first-order valence-electron chi connectivity index (χ1n) is 7.53. The van der Waals surface area contributed by atoms with Crippen LogP contribution in [-0.4, -0.2) is 0 Å². The van der Waals surface area contributed by atoms with Crippen LogP contribution in [-0.2, 0) is 10.8 Å². The molecule has 0 atom stereocenters. The van der Waals surface area contributed by atoms with Gasteiger partial charge < -0.3 is 0 Å². The van der Waals surface area contributed by atoms with E-state index < -0.39 is 0 Å². The summed E-state index contributed by atoms with van der Waals surface area (Å²) < 4.78 is 12.5. The highest BCUT2D eigenvalue weighted by Crippen LogP contribution is 2.28. The van der Waals surface area contributed by atoms with Crippen molar-refractivity contribution in [2.45, 2.75) is 52.4 Å². The van der Waals surface area contributed by atoms with Gasteiger partial charge in [0.25, 0.3) is 0 Å². The Kier molecular flexibility index (Phi) is 6.19. The van der Waals surface area contributed by atoms with Crippen molar-refractivity contribution >= 4 is 11.6 Å².